The van der Waals surface area contributed by atoms with Gasteiger partial charge in [0.1, 0.15) is 11.8 Å². The number of pyridine rings is 1. The summed E-state index contributed by atoms with van der Waals surface area (Å²) >= 11 is 5.70. The highest BCUT2D eigenvalue weighted by molar-refractivity contribution is 6.29. The number of ether oxygens (including phenoxy) is 1. The molecule has 3 aromatic rings. The Bertz CT molecular complexity index is 803. The van der Waals surface area contributed by atoms with E-state index in [-0.39, 0.29) is 19.0 Å². The smallest absolute Gasteiger partial charge is 0.306 e. The van der Waals surface area contributed by atoms with E-state index in [1.165, 1.54) is 0 Å². The molecule has 0 fully saturated rings. The summed E-state index contributed by atoms with van der Waals surface area (Å²) in [6, 6.07) is 12.9. The first-order valence-electron chi connectivity index (χ1n) is 7.35. The molecule has 0 radical (unpaired) electrons. The average Bonchev–Trinajstić information content (AvgIpc) is 3.09. The van der Waals surface area contributed by atoms with Gasteiger partial charge in [0, 0.05) is 23.7 Å². The molecule has 6 nitrogen and oxygen atoms in total. The molecule has 0 bridgehead atoms. The van der Waals surface area contributed by atoms with E-state index in [0.717, 1.165) is 11.1 Å². The Labute approximate surface area is 143 Å². The van der Waals surface area contributed by atoms with Crippen LogP contribution in [-0.2, 0) is 22.6 Å². The second-order valence-electron chi connectivity index (χ2n) is 5.03. The van der Waals surface area contributed by atoms with Crippen LogP contribution in [-0.4, -0.2) is 21.1 Å². The maximum atomic E-state index is 11.8. The molecule has 0 spiro atoms. The van der Waals surface area contributed by atoms with Crippen LogP contribution in [0.15, 0.2) is 53.2 Å². The van der Waals surface area contributed by atoms with E-state index in [1.54, 1.807) is 18.3 Å². The van der Waals surface area contributed by atoms with Crippen molar-refractivity contribution in [2.75, 3.05) is 0 Å². The fourth-order valence-corrected chi connectivity index (χ4v) is 2.11. The Hall–Kier alpha value is -2.73. The molecule has 122 valence electrons. The SMILES string of the molecule is O=C(CCc1nc(-c2ccccc2)no1)OCc1ccc(Cl)nc1. The zero-order valence-electron chi connectivity index (χ0n) is 12.7. The van der Waals surface area contributed by atoms with Crippen LogP contribution in [0.25, 0.3) is 11.4 Å². The average molecular weight is 344 g/mol. The number of nitrogens with zero attached hydrogens (tertiary/aromatic N) is 3. The number of halogens is 1. The first kappa shape index (κ1) is 16.1. The molecule has 0 aliphatic rings. The van der Waals surface area contributed by atoms with Gasteiger partial charge in [-0.05, 0) is 6.07 Å². The Morgan fingerprint density at radius 3 is 2.75 bits per heavy atom. The highest BCUT2D eigenvalue weighted by Gasteiger charge is 2.11. The molecule has 0 aliphatic heterocycles. The number of aromatic nitrogens is 3. The largest absolute Gasteiger partial charge is 0.461 e. The van der Waals surface area contributed by atoms with Gasteiger partial charge < -0.3 is 9.26 Å². The molecule has 24 heavy (non-hydrogen) atoms. The predicted molar refractivity (Wildman–Crippen MR) is 87.1 cm³/mol. The number of hydrogen-bond donors (Lipinski definition) is 0. The van der Waals surface area contributed by atoms with Crippen LogP contribution < -0.4 is 0 Å². The number of carbonyl (C=O) groups is 1. The topological polar surface area (TPSA) is 78.1 Å². The van der Waals surface area contributed by atoms with Gasteiger partial charge in [-0.25, -0.2) is 4.98 Å². The third kappa shape index (κ3) is 4.39. The molecule has 0 aliphatic carbocycles. The van der Waals surface area contributed by atoms with E-state index in [9.17, 15) is 4.79 Å². The third-order valence-electron chi connectivity index (χ3n) is 3.23. The first-order chi connectivity index (χ1) is 11.7. The van der Waals surface area contributed by atoms with Crippen LogP contribution in [0.4, 0.5) is 0 Å². The van der Waals surface area contributed by atoms with E-state index in [0.29, 0.717) is 23.3 Å². The molecule has 1 aromatic carbocycles. The third-order valence-corrected chi connectivity index (χ3v) is 3.46. The first-order valence-corrected chi connectivity index (χ1v) is 7.72. The second-order valence-corrected chi connectivity index (χ2v) is 5.41. The molecule has 2 heterocycles. The van der Waals surface area contributed by atoms with Crippen LogP contribution in [0, 0.1) is 0 Å². The summed E-state index contributed by atoms with van der Waals surface area (Å²) in [6.45, 7) is 0.155. The van der Waals surface area contributed by atoms with Crippen molar-refractivity contribution >= 4 is 17.6 Å². The summed E-state index contributed by atoms with van der Waals surface area (Å²) in [5.41, 5.74) is 1.64. The van der Waals surface area contributed by atoms with Gasteiger partial charge in [0.15, 0.2) is 0 Å². The van der Waals surface area contributed by atoms with Crippen molar-refractivity contribution in [2.45, 2.75) is 19.4 Å². The second kappa shape index (κ2) is 7.70. The van der Waals surface area contributed by atoms with E-state index in [4.69, 9.17) is 20.9 Å². The summed E-state index contributed by atoms with van der Waals surface area (Å²) in [7, 11) is 0. The van der Waals surface area contributed by atoms with Gasteiger partial charge >= 0.3 is 5.97 Å². The minimum absolute atomic E-state index is 0.155. The van der Waals surface area contributed by atoms with Crippen molar-refractivity contribution in [3.05, 3.63) is 65.3 Å². The lowest BCUT2D eigenvalue weighted by Crippen LogP contribution is -2.06. The number of benzene rings is 1. The molecule has 0 saturated heterocycles. The Kier molecular flexibility index (Phi) is 5.18. The fourth-order valence-electron chi connectivity index (χ4n) is 2.00. The lowest BCUT2D eigenvalue weighted by molar-refractivity contribution is -0.145. The zero-order valence-corrected chi connectivity index (χ0v) is 13.4. The molecular weight excluding hydrogens is 330 g/mol. The fraction of sp³-hybridized carbons (Fsp3) is 0.176. The minimum atomic E-state index is -0.343. The highest BCUT2D eigenvalue weighted by atomic mass is 35.5. The van der Waals surface area contributed by atoms with E-state index in [2.05, 4.69) is 15.1 Å². The van der Waals surface area contributed by atoms with Crippen LogP contribution in [0.2, 0.25) is 5.15 Å². The van der Waals surface area contributed by atoms with Crippen molar-refractivity contribution in [2.24, 2.45) is 0 Å². The quantitative estimate of drug-likeness (QED) is 0.504. The van der Waals surface area contributed by atoms with Gasteiger partial charge in [-0.2, -0.15) is 4.98 Å². The molecule has 0 unspecified atom stereocenters. The molecule has 3 rings (SSSR count). The van der Waals surface area contributed by atoms with Crippen molar-refractivity contribution in [3.63, 3.8) is 0 Å². The monoisotopic (exact) mass is 343 g/mol. The predicted octanol–water partition coefficient (Wildman–Crippen LogP) is 3.46. The van der Waals surface area contributed by atoms with Crippen LogP contribution >= 0.6 is 11.6 Å². The summed E-state index contributed by atoms with van der Waals surface area (Å²) in [5.74, 6) is 0.564. The summed E-state index contributed by atoms with van der Waals surface area (Å²) in [5, 5.41) is 4.31. The number of rotatable bonds is 6. The minimum Gasteiger partial charge on any atom is -0.461 e. The highest BCUT2D eigenvalue weighted by Crippen LogP contribution is 2.15. The lowest BCUT2D eigenvalue weighted by atomic mass is 10.2. The van der Waals surface area contributed by atoms with Crippen LogP contribution in [0.1, 0.15) is 17.9 Å². The van der Waals surface area contributed by atoms with E-state index < -0.39 is 0 Å². The summed E-state index contributed by atoms with van der Waals surface area (Å²) in [6.07, 6.45) is 2.06. The van der Waals surface area contributed by atoms with Crippen molar-refractivity contribution in [1.29, 1.82) is 0 Å². The van der Waals surface area contributed by atoms with Gasteiger partial charge in [0.05, 0.1) is 6.42 Å². The van der Waals surface area contributed by atoms with Crippen LogP contribution in [0.3, 0.4) is 0 Å². The molecule has 0 atom stereocenters. The van der Waals surface area contributed by atoms with Crippen LogP contribution in [0.5, 0.6) is 0 Å². The normalized spacial score (nSPS) is 10.5. The number of hydrogen-bond acceptors (Lipinski definition) is 6. The van der Waals surface area contributed by atoms with Gasteiger partial charge in [-0.1, -0.05) is 53.2 Å². The van der Waals surface area contributed by atoms with Crippen molar-refractivity contribution < 1.29 is 14.1 Å². The van der Waals surface area contributed by atoms with Gasteiger partial charge in [0.25, 0.3) is 0 Å². The molecule has 0 N–H and O–H groups in total. The van der Waals surface area contributed by atoms with Gasteiger partial charge in [-0.3, -0.25) is 4.79 Å². The maximum Gasteiger partial charge on any atom is 0.306 e. The standard InChI is InChI=1S/C17H14ClN3O3/c18-14-7-6-12(10-19-14)11-23-16(22)9-8-15-20-17(21-24-15)13-4-2-1-3-5-13/h1-7,10H,8-9,11H2. The molecule has 7 heteroatoms. The Morgan fingerprint density at radius 1 is 1.17 bits per heavy atom. The molecule has 2 aromatic heterocycles. The van der Waals surface area contributed by atoms with E-state index >= 15 is 0 Å². The summed E-state index contributed by atoms with van der Waals surface area (Å²) < 4.78 is 10.3. The van der Waals surface area contributed by atoms with Gasteiger partial charge in [-0.15, -0.1) is 0 Å². The van der Waals surface area contributed by atoms with E-state index in [1.807, 2.05) is 30.3 Å². The van der Waals surface area contributed by atoms with Crippen molar-refractivity contribution in [3.8, 4) is 11.4 Å². The molecular formula is C17H14ClN3O3. The zero-order chi connectivity index (χ0) is 16.8. The Morgan fingerprint density at radius 2 is 2.00 bits per heavy atom. The number of aryl methyl sites for hydroxylation is 1. The molecule has 0 saturated carbocycles. The number of esters is 1. The maximum absolute atomic E-state index is 11.8. The molecule has 0 amide bonds. The lowest BCUT2D eigenvalue weighted by Gasteiger charge is -2.03. The summed E-state index contributed by atoms with van der Waals surface area (Å²) in [4.78, 5) is 20.0. The van der Waals surface area contributed by atoms with Crippen molar-refractivity contribution in [1.82, 2.24) is 15.1 Å². The Balaban J connectivity index is 1.48. The number of carbonyl (C=O) groups excluding carboxylic acids is 1. The van der Waals surface area contributed by atoms with Gasteiger partial charge in [0.2, 0.25) is 11.7 Å².